The number of hydrogen-bond acceptors (Lipinski definition) is 2. The first-order chi connectivity index (χ1) is 7.61. The minimum atomic E-state index is -0.562. The van der Waals surface area contributed by atoms with Crippen LogP contribution in [0.3, 0.4) is 0 Å². The van der Waals surface area contributed by atoms with Crippen molar-refractivity contribution in [1.82, 2.24) is 0 Å². The van der Waals surface area contributed by atoms with Crippen LogP contribution in [0.15, 0.2) is 24.3 Å². The zero-order valence-corrected chi connectivity index (χ0v) is 9.95. The van der Waals surface area contributed by atoms with Gasteiger partial charge in [-0.15, -0.1) is 0 Å². The van der Waals surface area contributed by atoms with Gasteiger partial charge in [0.15, 0.2) is 0 Å². The van der Waals surface area contributed by atoms with E-state index in [9.17, 15) is 5.11 Å². The second-order valence-electron chi connectivity index (χ2n) is 5.07. The molecule has 0 heterocycles. The molecule has 0 radical (unpaired) electrons. The van der Waals surface area contributed by atoms with E-state index in [1.54, 1.807) is 0 Å². The summed E-state index contributed by atoms with van der Waals surface area (Å²) in [4.78, 5) is 0. The molecule has 16 heavy (non-hydrogen) atoms. The van der Waals surface area contributed by atoms with E-state index >= 15 is 0 Å². The molecule has 1 aliphatic rings. The molecule has 1 saturated carbocycles. The molecule has 1 aromatic carbocycles. The van der Waals surface area contributed by atoms with Crippen LogP contribution in [0.25, 0.3) is 0 Å². The van der Waals surface area contributed by atoms with E-state index in [1.165, 1.54) is 11.1 Å². The smallest absolute Gasteiger partial charge is 0.0703 e. The van der Waals surface area contributed by atoms with Crippen molar-refractivity contribution in [3.05, 3.63) is 35.4 Å². The largest absolute Gasteiger partial charge is 0.389 e. The molecule has 0 amide bonds. The van der Waals surface area contributed by atoms with Crippen LogP contribution in [0, 0.1) is 0 Å². The molecule has 1 fully saturated rings. The maximum absolute atomic E-state index is 10.4. The van der Waals surface area contributed by atoms with Crippen molar-refractivity contribution in [2.24, 2.45) is 5.73 Å². The first kappa shape index (κ1) is 11.6. The summed E-state index contributed by atoms with van der Waals surface area (Å²) >= 11 is 0. The summed E-state index contributed by atoms with van der Waals surface area (Å²) in [6.07, 6.45) is 4.33. The van der Waals surface area contributed by atoms with Crippen molar-refractivity contribution < 1.29 is 5.11 Å². The Balaban J connectivity index is 2.03. The van der Waals surface area contributed by atoms with E-state index in [0.717, 1.165) is 32.1 Å². The molecule has 2 nitrogen and oxygen atoms in total. The van der Waals surface area contributed by atoms with E-state index in [0.29, 0.717) is 0 Å². The van der Waals surface area contributed by atoms with Crippen LogP contribution in [0.1, 0.15) is 37.3 Å². The van der Waals surface area contributed by atoms with E-state index < -0.39 is 5.60 Å². The van der Waals surface area contributed by atoms with Crippen LogP contribution in [0.4, 0.5) is 0 Å². The Kier molecular flexibility index (Phi) is 3.31. The van der Waals surface area contributed by atoms with Crippen molar-refractivity contribution in [3.63, 3.8) is 0 Å². The fourth-order valence-electron chi connectivity index (χ4n) is 2.58. The monoisotopic (exact) mass is 219 g/mol. The van der Waals surface area contributed by atoms with E-state index in [4.69, 9.17) is 5.73 Å². The van der Waals surface area contributed by atoms with Gasteiger partial charge >= 0.3 is 0 Å². The molecule has 0 aromatic heterocycles. The lowest BCUT2D eigenvalue weighted by Crippen LogP contribution is -2.30. The lowest BCUT2D eigenvalue weighted by molar-refractivity contribution is 0.0468. The third kappa shape index (κ3) is 2.63. The number of aliphatic hydroxyl groups is 1. The van der Waals surface area contributed by atoms with Crippen LogP contribution < -0.4 is 5.73 Å². The molecule has 88 valence electrons. The Labute approximate surface area is 97.5 Å². The highest BCUT2D eigenvalue weighted by molar-refractivity contribution is 5.24. The van der Waals surface area contributed by atoms with Crippen molar-refractivity contribution in [1.29, 1.82) is 0 Å². The minimum Gasteiger partial charge on any atom is -0.389 e. The van der Waals surface area contributed by atoms with Crippen molar-refractivity contribution >= 4 is 0 Å². The minimum absolute atomic E-state index is 0.180. The molecule has 0 saturated heterocycles. The predicted molar refractivity (Wildman–Crippen MR) is 66.3 cm³/mol. The number of hydrogen-bond donors (Lipinski definition) is 2. The summed E-state index contributed by atoms with van der Waals surface area (Å²) in [7, 11) is 0. The lowest BCUT2D eigenvalue weighted by atomic mass is 9.92. The van der Waals surface area contributed by atoms with Crippen LogP contribution in [-0.2, 0) is 12.8 Å². The zero-order chi connectivity index (χ0) is 11.6. The highest BCUT2D eigenvalue weighted by Gasteiger charge is 2.35. The molecular formula is C14H21NO. The third-order valence-electron chi connectivity index (χ3n) is 3.59. The van der Waals surface area contributed by atoms with E-state index in [2.05, 4.69) is 31.2 Å². The van der Waals surface area contributed by atoms with Crippen molar-refractivity contribution in [2.45, 2.75) is 50.7 Å². The maximum atomic E-state index is 10.4. The Bertz CT molecular complexity index is 346. The Morgan fingerprint density at radius 2 is 1.94 bits per heavy atom. The zero-order valence-electron chi connectivity index (χ0n) is 9.95. The van der Waals surface area contributed by atoms with Gasteiger partial charge < -0.3 is 10.8 Å². The van der Waals surface area contributed by atoms with Crippen LogP contribution in [0.5, 0.6) is 0 Å². The Hall–Kier alpha value is -0.860. The van der Waals surface area contributed by atoms with Gasteiger partial charge in [0.2, 0.25) is 0 Å². The molecule has 2 heteroatoms. The molecule has 3 N–H and O–H groups in total. The molecule has 0 aliphatic heterocycles. The summed E-state index contributed by atoms with van der Waals surface area (Å²) in [6.45, 7) is 2.15. The quantitative estimate of drug-likeness (QED) is 0.817. The fraction of sp³-hybridized carbons (Fsp3) is 0.571. The predicted octanol–water partition coefficient (Wildman–Crippen LogP) is 2.03. The van der Waals surface area contributed by atoms with Gasteiger partial charge in [0.25, 0.3) is 0 Å². The highest BCUT2D eigenvalue weighted by atomic mass is 16.3. The molecule has 0 spiro atoms. The van der Waals surface area contributed by atoms with Crippen LogP contribution in [-0.4, -0.2) is 16.7 Å². The second-order valence-corrected chi connectivity index (χ2v) is 5.07. The average Bonchev–Trinajstić information content (AvgIpc) is 2.59. The van der Waals surface area contributed by atoms with Crippen molar-refractivity contribution in [2.75, 3.05) is 0 Å². The first-order valence-electron chi connectivity index (χ1n) is 6.17. The number of nitrogens with two attached hydrogens (primary N) is 1. The van der Waals surface area contributed by atoms with Gasteiger partial charge in [0, 0.05) is 12.5 Å². The Morgan fingerprint density at radius 1 is 1.31 bits per heavy atom. The number of benzene rings is 1. The van der Waals surface area contributed by atoms with Gasteiger partial charge in [-0.3, -0.25) is 0 Å². The fourth-order valence-corrected chi connectivity index (χ4v) is 2.58. The van der Waals surface area contributed by atoms with Crippen LogP contribution >= 0.6 is 0 Å². The normalized spacial score (nSPS) is 29.6. The van der Waals surface area contributed by atoms with Crippen LogP contribution in [0.2, 0.25) is 0 Å². The molecular weight excluding hydrogens is 198 g/mol. The average molecular weight is 219 g/mol. The SMILES string of the molecule is CCc1ccc(CC2(O)CCC(N)C2)cc1. The topological polar surface area (TPSA) is 46.2 Å². The standard InChI is InChI=1S/C14H21NO/c1-2-11-3-5-12(6-4-11)9-14(16)8-7-13(15)10-14/h3-6,13,16H,2,7-10,15H2,1H3. The second kappa shape index (κ2) is 4.56. The van der Waals surface area contributed by atoms with Gasteiger partial charge in [0.1, 0.15) is 0 Å². The molecule has 2 unspecified atom stereocenters. The van der Waals surface area contributed by atoms with Gasteiger partial charge in [-0.1, -0.05) is 31.2 Å². The van der Waals surface area contributed by atoms with Gasteiger partial charge in [0.05, 0.1) is 5.60 Å². The summed E-state index contributed by atoms with van der Waals surface area (Å²) in [6, 6.07) is 8.72. The molecule has 2 rings (SSSR count). The summed E-state index contributed by atoms with van der Waals surface area (Å²) in [5.41, 5.74) is 7.85. The first-order valence-corrected chi connectivity index (χ1v) is 6.17. The molecule has 1 aliphatic carbocycles. The molecule has 0 bridgehead atoms. The highest BCUT2D eigenvalue weighted by Crippen LogP contribution is 2.32. The summed E-state index contributed by atoms with van der Waals surface area (Å²) in [5, 5.41) is 10.4. The van der Waals surface area contributed by atoms with Gasteiger partial charge in [-0.05, 0) is 36.8 Å². The van der Waals surface area contributed by atoms with Gasteiger partial charge in [-0.2, -0.15) is 0 Å². The van der Waals surface area contributed by atoms with Gasteiger partial charge in [-0.25, -0.2) is 0 Å². The Morgan fingerprint density at radius 3 is 2.44 bits per heavy atom. The van der Waals surface area contributed by atoms with Crippen molar-refractivity contribution in [3.8, 4) is 0 Å². The summed E-state index contributed by atoms with van der Waals surface area (Å²) < 4.78 is 0. The number of rotatable bonds is 3. The molecule has 2 atom stereocenters. The summed E-state index contributed by atoms with van der Waals surface area (Å²) in [5.74, 6) is 0. The third-order valence-corrected chi connectivity index (χ3v) is 3.59. The maximum Gasteiger partial charge on any atom is 0.0703 e. The molecule has 1 aromatic rings. The van der Waals surface area contributed by atoms with E-state index in [-0.39, 0.29) is 6.04 Å². The number of aryl methyl sites for hydroxylation is 1. The lowest BCUT2D eigenvalue weighted by Gasteiger charge is -2.22. The van der Waals surface area contributed by atoms with E-state index in [1.807, 2.05) is 0 Å².